The standard InChI is InChI=1S/C18H16ClNO4/c1-4-7-16-12(5-2)17(15(6-3)24-16)18(21)13-9-8-11(20(22)23)10-14(13)19/h4-5,7-10H,2,6H2,1,3H3/b7-4-. The molecule has 0 amide bonds. The summed E-state index contributed by atoms with van der Waals surface area (Å²) in [5, 5.41) is 10.8. The Morgan fingerprint density at radius 1 is 1.46 bits per heavy atom. The van der Waals surface area contributed by atoms with Gasteiger partial charge in [-0.05, 0) is 19.1 Å². The molecule has 0 bridgehead atoms. The number of carbonyl (C=O) groups is 1. The van der Waals surface area contributed by atoms with Crippen LogP contribution >= 0.6 is 11.6 Å². The first-order chi connectivity index (χ1) is 11.4. The van der Waals surface area contributed by atoms with Crippen LogP contribution in [0.4, 0.5) is 5.69 Å². The van der Waals surface area contributed by atoms with E-state index in [9.17, 15) is 14.9 Å². The highest BCUT2D eigenvalue weighted by atomic mass is 35.5. The van der Waals surface area contributed by atoms with Gasteiger partial charge in [0.05, 0.1) is 15.5 Å². The number of halogens is 1. The molecule has 0 atom stereocenters. The molecular weight excluding hydrogens is 330 g/mol. The minimum absolute atomic E-state index is 0.0278. The first kappa shape index (κ1) is 17.7. The van der Waals surface area contributed by atoms with Gasteiger partial charge in [0, 0.05) is 29.7 Å². The van der Waals surface area contributed by atoms with Gasteiger partial charge < -0.3 is 4.42 Å². The second kappa shape index (κ2) is 7.27. The minimum Gasteiger partial charge on any atom is -0.460 e. The second-order valence-electron chi connectivity index (χ2n) is 4.99. The van der Waals surface area contributed by atoms with E-state index in [0.29, 0.717) is 29.1 Å². The molecule has 5 nitrogen and oxygen atoms in total. The van der Waals surface area contributed by atoms with Crippen molar-refractivity contribution in [3.8, 4) is 0 Å². The van der Waals surface area contributed by atoms with E-state index in [2.05, 4.69) is 6.58 Å². The summed E-state index contributed by atoms with van der Waals surface area (Å²) < 4.78 is 5.74. The number of benzene rings is 1. The maximum absolute atomic E-state index is 12.9. The largest absolute Gasteiger partial charge is 0.460 e. The molecule has 0 radical (unpaired) electrons. The summed E-state index contributed by atoms with van der Waals surface area (Å²) >= 11 is 6.08. The Kier molecular flexibility index (Phi) is 5.36. The summed E-state index contributed by atoms with van der Waals surface area (Å²) in [5.41, 5.74) is 0.992. The van der Waals surface area contributed by atoms with Crippen molar-refractivity contribution in [3.05, 3.63) is 74.2 Å². The summed E-state index contributed by atoms with van der Waals surface area (Å²) in [5.74, 6) is 0.726. The Bertz CT molecular complexity index is 849. The van der Waals surface area contributed by atoms with Crippen molar-refractivity contribution < 1.29 is 14.1 Å². The van der Waals surface area contributed by atoms with Crippen LogP contribution in [0.5, 0.6) is 0 Å². The second-order valence-corrected chi connectivity index (χ2v) is 5.39. The predicted octanol–water partition coefficient (Wildman–Crippen LogP) is 5.31. The van der Waals surface area contributed by atoms with Gasteiger partial charge in [0.2, 0.25) is 0 Å². The van der Waals surface area contributed by atoms with E-state index in [4.69, 9.17) is 16.0 Å². The van der Waals surface area contributed by atoms with Crippen molar-refractivity contribution in [1.29, 1.82) is 0 Å². The molecule has 0 aliphatic heterocycles. The smallest absolute Gasteiger partial charge is 0.270 e. The van der Waals surface area contributed by atoms with Crippen LogP contribution in [0.3, 0.4) is 0 Å². The fraction of sp³-hybridized carbons (Fsp3) is 0.167. The topological polar surface area (TPSA) is 73.3 Å². The summed E-state index contributed by atoms with van der Waals surface area (Å²) in [6, 6.07) is 3.78. The highest BCUT2D eigenvalue weighted by molar-refractivity contribution is 6.35. The van der Waals surface area contributed by atoms with Gasteiger partial charge in [-0.25, -0.2) is 0 Å². The summed E-state index contributed by atoms with van der Waals surface area (Å²) in [7, 11) is 0. The molecule has 0 aliphatic carbocycles. The van der Waals surface area contributed by atoms with Gasteiger partial charge in [-0.1, -0.05) is 37.3 Å². The summed E-state index contributed by atoms with van der Waals surface area (Å²) in [6.45, 7) is 7.47. The molecule has 0 saturated heterocycles. The lowest BCUT2D eigenvalue weighted by atomic mass is 9.97. The molecule has 0 unspecified atom stereocenters. The minimum atomic E-state index is -0.561. The Morgan fingerprint density at radius 3 is 2.67 bits per heavy atom. The van der Waals surface area contributed by atoms with Gasteiger partial charge in [-0.3, -0.25) is 14.9 Å². The number of rotatable bonds is 6. The fourth-order valence-corrected chi connectivity index (χ4v) is 2.68. The molecule has 1 aromatic heterocycles. The maximum atomic E-state index is 12.9. The number of ketones is 1. The first-order valence-corrected chi connectivity index (χ1v) is 7.71. The number of allylic oxidation sites excluding steroid dienone is 1. The molecule has 0 saturated carbocycles. The van der Waals surface area contributed by atoms with Gasteiger partial charge >= 0.3 is 0 Å². The molecule has 1 aromatic carbocycles. The van der Waals surface area contributed by atoms with E-state index in [1.54, 1.807) is 18.2 Å². The van der Waals surface area contributed by atoms with Gasteiger partial charge in [0.25, 0.3) is 5.69 Å². The van der Waals surface area contributed by atoms with Crippen LogP contribution < -0.4 is 0 Å². The van der Waals surface area contributed by atoms with Crippen LogP contribution in [0, 0.1) is 10.1 Å². The zero-order valence-corrected chi connectivity index (χ0v) is 14.1. The van der Waals surface area contributed by atoms with Crippen molar-refractivity contribution in [1.82, 2.24) is 0 Å². The third-order valence-electron chi connectivity index (χ3n) is 3.53. The van der Waals surface area contributed by atoms with Gasteiger partial charge in [0.1, 0.15) is 11.5 Å². The third-order valence-corrected chi connectivity index (χ3v) is 3.84. The van der Waals surface area contributed by atoms with E-state index >= 15 is 0 Å². The molecule has 1 heterocycles. The summed E-state index contributed by atoms with van der Waals surface area (Å²) in [4.78, 5) is 23.2. The first-order valence-electron chi connectivity index (χ1n) is 7.34. The van der Waals surface area contributed by atoms with Crippen molar-refractivity contribution in [3.63, 3.8) is 0 Å². The van der Waals surface area contributed by atoms with E-state index in [1.807, 2.05) is 13.8 Å². The lowest BCUT2D eigenvalue weighted by molar-refractivity contribution is -0.384. The molecule has 2 aromatic rings. The lowest BCUT2D eigenvalue weighted by Gasteiger charge is -2.05. The van der Waals surface area contributed by atoms with E-state index < -0.39 is 4.92 Å². The molecule has 0 fully saturated rings. The molecule has 0 aliphatic rings. The van der Waals surface area contributed by atoms with Gasteiger partial charge in [0.15, 0.2) is 5.78 Å². The number of aryl methyl sites for hydroxylation is 1. The number of hydrogen-bond donors (Lipinski definition) is 0. The van der Waals surface area contributed by atoms with Crippen LogP contribution in [0.25, 0.3) is 12.2 Å². The highest BCUT2D eigenvalue weighted by Gasteiger charge is 2.25. The van der Waals surface area contributed by atoms with Crippen LogP contribution in [0.15, 0.2) is 35.3 Å². The number of nitro groups is 1. The van der Waals surface area contributed by atoms with Crippen LogP contribution in [-0.4, -0.2) is 10.7 Å². The van der Waals surface area contributed by atoms with Crippen molar-refractivity contribution in [2.75, 3.05) is 0 Å². The number of hydrogen-bond acceptors (Lipinski definition) is 4. The lowest BCUT2D eigenvalue weighted by Crippen LogP contribution is -2.06. The Morgan fingerprint density at radius 2 is 2.17 bits per heavy atom. The molecular formula is C18H16ClNO4. The van der Waals surface area contributed by atoms with Crippen molar-refractivity contribution >= 4 is 35.2 Å². The highest BCUT2D eigenvalue weighted by Crippen LogP contribution is 2.31. The Labute approximate surface area is 144 Å². The molecule has 6 heteroatoms. The van der Waals surface area contributed by atoms with E-state index in [-0.39, 0.29) is 22.1 Å². The molecule has 124 valence electrons. The van der Waals surface area contributed by atoms with Gasteiger partial charge in [-0.15, -0.1) is 0 Å². The van der Waals surface area contributed by atoms with Crippen LogP contribution in [0.2, 0.25) is 5.02 Å². The third kappa shape index (κ3) is 3.16. The van der Waals surface area contributed by atoms with E-state index in [0.717, 1.165) is 0 Å². The number of furan rings is 1. The zero-order chi connectivity index (χ0) is 17.9. The Hall–Kier alpha value is -2.66. The fourth-order valence-electron chi connectivity index (χ4n) is 2.42. The normalized spacial score (nSPS) is 11.0. The Balaban J connectivity index is 2.61. The quantitative estimate of drug-likeness (QED) is 0.404. The number of nitro benzene ring substituents is 1. The van der Waals surface area contributed by atoms with Crippen molar-refractivity contribution in [2.24, 2.45) is 0 Å². The summed E-state index contributed by atoms with van der Waals surface area (Å²) in [6.07, 6.45) is 5.64. The van der Waals surface area contributed by atoms with Crippen LogP contribution in [-0.2, 0) is 6.42 Å². The number of non-ortho nitro benzene ring substituents is 1. The van der Waals surface area contributed by atoms with Crippen molar-refractivity contribution in [2.45, 2.75) is 20.3 Å². The predicted molar refractivity (Wildman–Crippen MR) is 94.4 cm³/mol. The molecule has 0 spiro atoms. The average molecular weight is 346 g/mol. The molecule has 24 heavy (non-hydrogen) atoms. The zero-order valence-electron chi connectivity index (χ0n) is 13.3. The monoisotopic (exact) mass is 345 g/mol. The average Bonchev–Trinajstić information content (AvgIpc) is 2.91. The number of carbonyl (C=O) groups excluding carboxylic acids is 1. The molecule has 0 N–H and O–H groups in total. The van der Waals surface area contributed by atoms with E-state index in [1.165, 1.54) is 18.2 Å². The SMILES string of the molecule is C=Cc1c(/C=C\C)oc(CC)c1C(=O)c1ccc([N+](=O)[O-])cc1Cl. The maximum Gasteiger partial charge on any atom is 0.270 e. The van der Waals surface area contributed by atoms with Gasteiger partial charge in [-0.2, -0.15) is 0 Å². The van der Waals surface area contributed by atoms with Crippen LogP contribution in [0.1, 0.15) is 46.9 Å². The number of nitrogens with zero attached hydrogens (tertiary/aromatic N) is 1. The molecule has 2 rings (SSSR count).